The van der Waals surface area contributed by atoms with Gasteiger partial charge >= 0.3 is 5.97 Å². The average Bonchev–Trinajstić information content (AvgIpc) is 3.31. The van der Waals surface area contributed by atoms with Crippen LogP contribution in [0.15, 0.2) is 47.3 Å². The fourth-order valence-corrected chi connectivity index (χ4v) is 4.52. The molecule has 3 heterocycles. The molecule has 0 saturated carbocycles. The summed E-state index contributed by atoms with van der Waals surface area (Å²) in [6.45, 7) is 5.07. The van der Waals surface area contributed by atoms with Gasteiger partial charge in [0.15, 0.2) is 0 Å². The molecule has 8 heteroatoms. The van der Waals surface area contributed by atoms with E-state index < -0.39 is 5.97 Å². The Morgan fingerprint density at radius 2 is 2.00 bits per heavy atom. The third kappa shape index (κ3) is 3.64. The Bertz CT molecular complexity index is 1530. The quantitative estimate of drug-likeness (QED) is 0.482. The van der Waals surface area contributed by atoms with Gasteiger partial charge in [0.25, 0.3) is 5.56 Å². The van der Waals surface area contributed by atoms with Crippen LogP contribution in [0.25, 0.3) is 22.6 Å². The number of aromatic carboxylic acids is 1. The topological polar surface area (TPSA) is 90.0 Å². The normalized spacial score (nSPS) is 14.2. The first-order chi connectivity index (χ1) is 15.8. The standard InChI is InChI=1S/C25H21ClN4O3/c1-14-20(15(2)30(28-14)13-18-5-3-4-6-21(18)26)11-16-9-10-29-23(16)27-22-12-17(25(32)33)7-8-19(22)24(29)31/h3-8,11-12H,9-10,13H2,1-2H3,(H,32,33)/b16-11+. The number of carboxylic acid groups (broad SMARTS) is 1. The number of nitrogens with zero attached hydrogens (tertiary/aromatic N) is 4. The molecule has 4 aromatic rings. The van der Waals surface area contributed by atoms with Crippen molar-refractivity contribution >= 4 is 40.1 Å². The first-order valence-electron chi connectivity index (χ1n) is 10.6. The molecule has 1 N–H and O–H groups in total. The maximum Gasteiger partial charge on any atom is 0.335 e. The average molecular weight is 461 g/mol. The Kier molecular flexibility index (Phi) is 5.13. The van der Waals surface area contributed by atoms with Gasteiger partial charge in [0, 0.05) is 22.8 Å². The lowest BCUT2D eigenvalue weighted by atomic mass is 10.1. The largest absolute Gasteiger partial charge is 0.478 e. The molecule has 1 aliphatic heterocycles. The SMILES string of the molecule is Cc1nn(Cc2ccccc2Cl)c(C)c1/C=C1\CCn2c1nc1cc(C(=O)O)ccc1c2=O. The molecular formula is C25H21ClN4O3. The molecule has 2 aromatic carbocycles. The van der Waals surface area contributed by atoms with Crippen LogP contribution in [-0.2, 0) is 13.1 Å². The smallest absolute Gasteiger partial charge is 0.335 e. The summed E-state index contributed by atoms with van der Waals surface area (Å²) < 4.78 is 3.59. The van der Waals surface area contributed by atoms with Crippen LogP contribution in [0.3, 0.4) is 0 Å². The number of aromatic nitrogens is 4. The van der Waals surface area contributed by atoms with Gasteiger partial charge in [-0.1, -0.05) is 29.8 Å². The van der Waals surface area contributed by atoms with Gasteiger partial charge in [0.05, 0.1) is 28.7 Å². The van der Waals surface area contributed by atoms with Crippen molar-refractivity contribution in [3.63, 3.8) is 0 Å². The summed E-state index contributed by atoms with van der Waals surface area (Å²) in [7, 11) is 0. The minimum atomic E-state index is -1.05. The van der Waals surface area contributed by atoms with Crippen molar-refractivity contribution in [3.8, 4) is 0 Å². The predicted octanol–water partition coefficient (Wildman–Crippen LogP) is 4.55. The van der Waals surface area contributed by atoms with Gasteiger partial charge < -0.3 is 5.11 Å². The molecule has 0 saturated heterocycles. The minimum absolute atomic E-state index is 0.107. The van der Waals surface area contributed by atoms with Gasteiger partial charge in [0.1, 0.15) is 5.82 Å². The second-order valence-corrected chi connectivity index (χ2v) is 8.59. The van der Waals surface area contributed by atoms with Gasteiger partial charge in [0.2, 0.25) is 0 Å². The Hall–Kier alpha value is -3.71. The number of fused-ring (bicyclic) bond motifs is 2. The maximum atomic E-state index is 13.0. The highest BCUT2D eigenvalue weighted by Crippen LogP contribution is 2.30. The Morgan fingerprint density at radius 3 is 2.76 bits per heavy atom. The van der Waals surface area contributed by atoms with E-state index in [1.807, 2.05) is 48.9 Å². The van der Waals surface area contributed by atoms with Crippen LogP contribution in [0.5, 0.6) is 0 Å². The third-order valence-electron chi connectivity index (χ3n) is 6.13. The molecule has 2 aromatic heterocycles. The zero-order valence-corrected chi connectivity index (χ0v) is 18.9. The van der Waals surface area contributed by atoms with E-state index >= 15 is 0 Å². The van der Waals surface area contributed by atoms with E-state index in [1.54, 1.807) is 4.57 Å². The van der Waals surface area contributed by atoms with Gasteiger partial charge in [-0.25, -0.2) is 9.78 Å². The number of allylic oxidation sites excluding steroid dienone is 1. The number of hydrogen-bond acceptors (Lipinski definition) is 4. The highest BCUT2D eigenvalue weighted by atomic mass is 35.5. The highest BCUT2D eigenvalue weighted by molar-refractivity contribution is 6.31. The molecular weight excluding hydrogens is 440 g/mol. The molecule has 5 rings (SSSR count). The van der Waals surface area contributed by atoms with E-state index in [1.165, 1.54) is 18.2 Å². The number of carboxylic acids is 1. The van der Waals surface area contributed by atoms with E-state index in [0.717, 1.165) is 28.1 Å². The zero-order chi connectivity index (χ0) is 23.3. The molecule has 0 aliphatic carbocycles. The zero-order valence-electron chi connectivity index (χ0n) is 18.2. The molecule has 1 aliphatic rings. The van der Waals surface area contributed by atoms with Crippen molar-refractivity contribution < 1.29 is 9.90 Å². The Balaban J connectivity index is 1.58. The summed E-state index contributed by atoms with van der Waals surface area (Å²) in [5.74, 6) is -0.472. The predicted molar refractivity (Wildman–Crippen MR) is 128 cm³/mol. The number of aryl methyl sites for hydroxylation is 1. The first kappa shape index (κ1) is 21.2. The van der Waals surface area contributed by atoms with Gasteiger partial charge in [-0.05, 0) is 61.7 Å². The number of hydrogen-bond donors (Lipinski definition) is 1. The van der Waals surface area contributed by atoms with E-state index in [4.69, 9.17) is 16.7 Å². The summed E-state index contributed by atoms with van der Waals surface area (Å²) >= 11 is 6.33. The third-order valence-corrected chi connectivity index (χ3v) is 6.50. The molecule has 0 bridgehead atoms. The van der Waals surface area contributed by atoms with Crippen LogP contribution in [0.4, 0.5) is 0 Å². The van der Waals surface area contributed by atoms with E-state index in [2.05, 4.69) is 4.98 Å². The van der Waals surface area contributed by atoms with E-state index in [9.17, 15) is 14.7 Å². The van der Waals surface area contributed by atoms with Crippen LogP contribution in [0, 0.1) is 13.8 Å². The van der Waals surface area contributed by atoms with Crippen molar-refractivity contribution in [1.29, 1.82) is 0 Å². The number of rotatable bonds is 4. The highest BCUT2D eigenvalue weighted by Gasteiger charge is 2.23. The van der Waals surface area contributed by atoms with Crippen molar-refractivity contribution in [2.24, 2.45) is 0 Å². The van der Waals surface area contributed by atoms with Crippen molar-refractivity contribution in [2.75, 3.05) is 0 Å². The van der Waals surface area contributed by atoms with Crippen molar-refractivity contribution in [1.82, 2.24) is 19.3 Å². The summed E-state index contributed by atoms with van der Waals surface area (Å²) in [5.41, 5.74) is 5.12. The van der Waals surface area contributed by atoms with Crippen LogP contribution in [0.2, 0.25) is 5.02 Å². The Morgan fingerprint density at radius 1 is 1.21 bits per heavy atom. The van der Waals surface area contributed by atoms with Crippen LogP contribution in [0.1, 0.15) is 45.1 Å². The molecule has 0 spiro atoms. The second kappa shape index (κ2) is 8.01. The van der Waals surface area contributed by atoms with Crippen molar-refractivity contribution in [2.45, 2.75) is 33.4 Å². The monoisotopic (exact) mass is 460 g/mol. The minimum Gasteiger partial charge on any atom is -0.478 e. The van der Waals surface area contributed by atoms with Gasteiger partial charge in [-0.2, -0.15) is 5.10 Å². The molecule has 0 amide bonds. The Labute approximate surface area is 194 Å². The summed E-state index contributed by atoms with van der Waals surface area (Å²) in [6, 6.07) is 12.1. The lowest BCUT2D eigenvalue weighted by Gasteiger charge is -2.07. The first-order valence-corrected chi connectivity index (χ1v) is 11.0. The number of benzene rings is 2. The van der Waals surface area contributed by atoms with Crippen LogP contribution >= 0.6 is 11.6 Å². The van der Waals surface area contributed by atoms with E-state index in [0.29, 0.717) is 41.3 Å². The van der Waals surface area contributed by atoms with Gasteiger partial charge in [-0.15, -0.1) is 0 Å². The number of halogens is 1. The molecule has 7 nitrogen and oxygen atoms in total. The van der Waals surface area contributed by atoms with Crippen LogP contribution < -0.4 is 5.56 Å². The fourth-order valence-electron chi connectivity index (χ4n) is 4.32. The lowest BCUT2D eigenvalue weighted by molar-refractivity contribution is 0.0697. The molecule has 166 valence electrons. The molecule has 0 fully saturated rings. The molecule has 33 heavy (non-hydrogen) atoms. The summed E-state index contributed by atoms with van der Waals surface area (Å²) in [5, 5.41) is 15.1. The molecule has 0 atom stereocenters. The van der Waals surface area contributed by atoms with Crippen molar-refractivity contribution in [3.05, 3.63) is 91.7 Å². The molecule has 0 radical (unpaired) electrons. The van der Waals surface area contributed by atoms with Crippen LogP contribution in [-0.4, -0.2) is 30.4 Å². The molecule has 0 unspecified atom stereocenters. The summed E-state index contributed by atoms with van der Waals surface area (Å²) in [4.78, 5) is 29.0. The van der Waals surface area contributed by atoms with E-state index in [-0.39, 0.29) is 11.1 Å². The maximum absolute atomic E-state index is 13.0. The fraction of sp³-hybridized carbons (Fsp3) is 0.200. The lowest BCUT2D eigenvalue weighted by Crippen LogP contribution is -2.21. The second-order valence-electron chi connectivity index (χ2n) is 8.18. The van der Waals surface area contributed by atoms with Gasteiger partial charge in [-0.3, -0.25) is 14.0 Å². The summed E-state index contributed by atoms with van der Waals surface area (Å²) in [6.07, 6.45) is 2.71. The number of carbonyl (C=O) groups is 1.